The van der Waals surface area contributed by atoms with Crippen molar-refractivity contribution in [1.29, 1.82) is 0 Å². The summed E-state index contributed by atoms with van der Waals surface area (Å²) >= 11 is 0. The van der Waals surface area contributed by atoms with Crippen LogP contribution in [-0.2, 0) is 9.59 Å². The van der Waals surface area contributed by atoms with Gasteiger partial charge in [0.15, 0.2) is 11.5 Å². The molecule has 39 heavy (non-hydrogen) atoms. The molecular formula is C21H20F6N8O4. The van der Waals surface area contributed by atoms with E-state index in [1.54, 1.807) is 12.7 Å². The van der Waals surface area contributed by atoms with E-state index >= 15 is 0 Å². The number of para-hydroxylation sites is 2. The molecule has 5 N–H and O–H groups in total. The van der Waals surface area contributed by atoms with Crippen molar-refractivity contribution in [3.8, 4) is 5.82 Å². The Labute approximate surface area is 214 Å². The van der Waals surface area contributed by atoms with Crippen LogP contribution in [0.3, 0.4) is 0 Å². The Hall–Kier alpha value is -4.48. The third-order valence-electron chi connectivity index (χ3n) is 5.24. The summed E-state index contributed by atoms with van der Waals surface area (Å²) in [7, 11) is 0. The number of aromatic amines is 1. The van der Waals surface area contributed by atoms with Gasteiger partial charge in [0, 0.05) is 19.1 Å². The Bertz CT molecular complexity index is 1420. The maximum Gasteiger partial charge on any atom is 0.490 e. The van der Waals surface area contributed by atoms with Crippen molar-refractivity contribution in [2.24, 2.45) is 5.73 Å². The van der Waals surface area contributed by atoms with E-state index in [2.05, 4.69) is 24.8 Å². The molecule has 3 aromatic heterocycles. The molecule has 1 aliphatic heterocycles. The summed E-state index contributed by atoms with van der Waals surface area (Å²) in [6, 6.07) is 8.27. The van der Waals surface area contributed by atoms with E-state index in [1.807, 2.05) is 28.8 Å². The van der Waals surface area contributed by atoms with Crippen LogP contribution in [0.25, 0.3) is 28.0 Å². The number of halogens is 6. The Kier molecular flexibility index (Phi) is 8.58. The van der Waals surface area contributed by atoms with Crippen molar-refractivity contribution in [1.82, 2.24) is 29.5 Å². The molecule has 0 unspecified atom stereocenters. The highest BCUT2D eigenvalue weighted by Gasteiger charge is 2.38. The molecule has 1 fully saturated rings. The maximum atomic E-state index is 10.6. The van der Waals surface area contributed by atoms with E-state index in [9.17, 15) is 26.3 Å². The first-order valence-electron chi connectivity index (χ1n) is 10.9. The molecule has 0 amide bonds. The van der Waals surface area contributed by atoms with E-state index in [0.717, 1.165) is 48.3 Å². The molecule has 0 atom stereocenters. The first kappa shape index (κ1) is 29.1. The number of benzene rings is 1. The zero-order valence-corrected chi connectivity index (χ0v) is 19.6. The first-order chi connectivity index (χ1) is 18.2. The summed E-state index contributed by atoms with van der Waals surface area (Å²) in [5.74, 6) is -4.06. The third kappa shape index (κ3) is 7.30. The highest BCUT2D eigenvalue weighted by Crippen LogP contribution is 2.25. The summed E-state index contributed by atoms with van der Waals surface area (Å²) in [6.07, 6.45) is -4.82. The zero-order chi connectivity index (χ0) is 29.0. The van der Waals surface area contributed by atoms with E-state index in [0.29, 0.717) is 11.6 Å². The second kappa shape index (κ2) is 11.5. The fraction of sp³-hybridized carbons (Fsp3) is 0.333. The van der Waals surface area contributed by atoms with Gasteiger partial charge in [-0.1, -0.05) is 12.1 Å². The Morgan fingerprint density at radius 3 is 2.08 bits per heavy atom. The number of alkyl halides is 6. The molecule has 5 rings (SSSR count). The quantitative estimate of drug-likeness (QED) is 0.266. The Balaban J connectivity index is 0.000000251. The van der Waals surface area contributed by atoms with Crippen LogP contribution in [0, 0.1) is 0 Å². The number of nitrogens with two attached hydrogens (primary N) is 1. The summed E-state index contributed by atoms with van der Waals surface area (Å²) in [4.78, 5) is 41.4. The highest BCUT2D eigenvalue weighted by atomic mass is 19.4. The van der Waals surface area contributed by atoms with Crippen LogP contribution in [0.15, 0.2) is 36.9 Å². The molecular weight excluding hydrogens is 542 g/mol. The Morgan fingerprint density at radius 2 is 1.51 bits per heavy atom. The van der Waals surface area contributed by atoms with E-state index in [1.165, 1.54) is 0 Å². The number of hydrogen-bond donors (Lipinski definition) is 4. The molecule has 18 heteroatoms. The topological polar surface area (TPSA) is 176 Å². The van der Waals surface area contributed by atoms with Crippen LogP contribution >= 0.6 is 0 Å². The fourth-order valence-corrected chi connectivity index (χ4v) is 3.35. The van der Waals surface area contributed by atoms with Crippen molar-refractivity contribution >= 4 is 40.1 Å². The van der Waals surface area contributed by atoms with Gasteiger partial charge < -0.3 is 25.8 Å². The number of carbonyl (C=O) groups is 2. The number of aliphatic carboxylic acids is 2. The number of nitrogens with one attached hydrogen (secondary N) is 1. The maximum absolute atomic E-state index is 10.6. The van der Waals surface area contributed by atoms with Crippen molar-refractivity contribution < 1.29 is 46.1 Å². The minimum atomic E-state index is -5.08. The van der Waals surface area contributed by atoms with Crippen LogP contribution in [0.4, 0.5) is 32.3 Å². The lowest BCUT2D eigenvalue weighted by atomic mass is 10.1. The number of H-pyrrole nitrogens is 1. The van der Waals surface area contributed by atoms with Gasteiger partial charge in [0.05, 0.1) is 17.4 Å². The number of carboxylic acids is 2. The molecule has 4 heterocycles. The lowest BCUT2D eigenvalue weighted by molar-refractivity contribution is -0.193. The zero-order valence-electron chi connectivity index (χ0n) is 19.6. The van der Waals surface area contributed by atoms with Gasteiger partial charge in [-0.25, -0.2) is 19.6 Å². The number of fused-ring (bicyclic) bond motifs is 2. The van der Waals surface area contributed by atoms with Gasteiger partial charge in [-0.15, -0.1) is 0 Å². The predicted molar refractivity (Wildman–Crippen MR) is 123 cm³/mol. The van der Waals surface area contributed by atoms with Gasteiger partial charge in [-0.2, -0.15) is 36.3 Å². The standard InChI is InChI=1S/C17H18N8.2C2HF3O2/c18-11-5-7-24(8-6-11)17-22-15-14(19-9-20-15)16(23-17)25-10-21-12-3-1-2-4-13(12)25;2*3-2(4,5)1(6)7/h1-4,9-11H,5-8,18H2,(H,19,20,22,23);2*(H,6,7). The summed E-state index contributed by atoms with van der Waals surface area (Å²) in [5.41, 5.74) is 9.42. The average molecular weight is 562 g/mol. The molecule has 0 radical (unpaired) electrons. The molecule has 1 saturated heterocycles. The van der Waals surface area contributed by atoms with E-state index < -0.39 is 24.3 Å². The predicted octanol–water partition coefficient (Wildman–Crippen LogP) is 2.89. The first-order valence-corrected chi connectivity index (χ1v) is 10.9. The fourth-order valence-electron chi connectivity index (χ4n) is 3.35. The van der Waals surface area contributed by atoms with Crippen LogP contribution in [-0.4, -0.2) is 83.1 Å². The molecule has 1 aromatic carbocycles. The lowest BCUT2D eigenvalue weighted by Crippen LogP contribution is -2.40. The molecule has 0 spiro atoms. The van der Waals surface area contributed by atoms with E-state index in [-0.39, 0.29) is 6.04 Å². The lowest BCUT2D eigenvalue weighted by Gasteiger charge is -2.30. The van der Waals surface area contributed by atoms with Gasteiger partial charge in [0.1, 0.15) is 11.8 Å². The minimum absolute atomic E-state index is 0.266. The van der Waals surface area contributed by atoms with Gasteiger partial charge >= 0.3 is 24.3 Å². The smallest absolute Gasteiger partial charge is 0.475 e. The third-order valence-corrected chi connectivity index (χ3v) is 5.24. The normalized spacial score (nSPS) is 14.4. The number of anilines is 1. The number of aromatic nitrogens is 6. The second-order valence-electron chi connectivity index (χ2n) is 7.98. The molecule has 210 valence electrons. The molecule has 1 aliphatic rings. The summed E-state index contributed by atoms with van der Waals surface area (Å²) in [6.45, 7) is 1.72. The molecule has 12 nitrogen and oxygen atoms in total. The number of piperidine rings is 1. The summed E-state index contributed by atoms with van der Waals surface area (Å²) in [5, 5.41) is 14.2. The van der Waals surface area contributed by atoms with Crippen LogP contribution < -0.4 is 10.6 Å². The largest absolute Gasteiger partial charge is 0.490 e. The van der Waals surface area contributed by atoms with Crippen LogP contribution in [0.5, 0.6) is 0 Å². The SMILES string of the molecule is NC1CCN(c2nc(-n3cnc4ccccc43)c3[nH]cnc3n2)CC1.O=C(O)C(F)(F)F.O=C(O)C(F)(F)F. The Morgan fingerprint density at radius 1 is 0.949 bits per heavy atom. The summed E-state index contributed by atoms with van der Waals surface area (Å²) < 4.78 is 65.5. The number of imidazole rings is 2. The monoisotopic (exact) mass is 562 g/mol. The van der Waals surface area contributed by atoms with Crippen molar-refractivity contribution in [3.05, 3.63) is 36.9 Å². The molecule has 0 saturated carbocycles. The van der Waals surface area contributed by atoms with Crippen LogP contribution in [0.2, 0.25) is 0 Å². The number of rotatable bonds is 2. The van der Waals surface area contributed by atoms with Gasteiger partial charge in [0.25, 0.3) is 0 Å². The highest BCUT2D eigenvalue weighted by molar-refractivity contribution is 5.84. The average Bonchev–Trinajstić information content (AvgIpc) is 3.51. The van der Waals surface area contributed by atoms with Gasteiger partial charge in [-0.05, 0) is 25.0 Å². The number of hydrogen-bond acceptors (Lipinski definition) is 8. The van der Waals surface area contributed by atoms with Crippen molar-refractivity contribution in [2.75, 3.05) is 18.0 Å². The number of carboxylic acid groups (broad SMARTS) is 2. The minimum Gasteiger partial charge on any atom is -0.475 e. The van der Waals surface area contributed by atoms with E-state index in [4.69, 9.17) is 30.5 Å². The van der Waals surface area contributed by atoms with Gasteiger partial charge in [-0.3, -0.25) is 4.57 Å². The molecule has 0 bridgehead atoms. The van der Waals surface area contributed by atoms with Crippen molar-refractivity contribution in [2.45, 2.75) is 31.2 Å². The van der Waals surface area contributed by atoms with Crippen LogP contribution in [0.1, 0.15) is 12.8 Å². The van der Waals surface area contributed by atoms with Gasteiger partial charge in [0.2, 0.25) is 5.95 Å². The number of nitrogens with zero attached hydrogens (tertiary/aromatic N) is 6. The molecule has 0 aliphatic carbocycles. The molecule has 4 aromatic rings. The second-order valence-corrected chi connectivity index (χ2v) is 7.98. The van der Waals surface area contributed by atoms with Crippen molar-refractivity contribution in [3.63, 3.8) is 0 Å².